The molecule has 0 saturated carbocycles. The fraction of sp³-hybridized carbons (Fsp3) is 0.217. The van der Waals surface area contributed by atoms with Gasteiger partial charge in [-0.3, -0.25) is 4.79 Å². The van der Waals surface area contributed by atoms with Gasteiger partial charge in [-0.1, -0.05) is 6.07 Å². The van der Waals surface area contributed by atoms with Crippen molar-refractivity contribution >= 4 is 23.1 Å². The number of carbonyl (C=O) groups excluding carboxylic acids is 1. The number of pyridine rings is 2. The summed E-state index contributed by atoms with van der Waals surface area (Å²) in [6.07, 6.45) is 1.61. The Morgan fingerprint density at radius 3 is 2.42 bits per heavy atom. The van der Waals surface area contributed by atoms with Crippen LogP contribution in [-0.2, 0) is 0 Å². The quantitative estimate of drug-likeness (QED) is 0.686. The van der Waals surface area contributed by atoms with Crippen LogP contribution in [-0.4, -0.2) is 49.2 Å². The second kappa shape index (κ2) is 9.13. The van der Waals surface area contributed by atoms with Crippen molar-refractivity contribution in [2.75, 3.05) is 48.4 Å². The third kappa shape index (κ3) is 4.73. The van der Waals surface area contributed by atoms with E-state index in [0.717, 1.165) is 37.7 Å². The molecule has 0 unspecified atom stereocenters. The summed E-state index contributed by atoms with van der Waals surface area (Å²) in [4.78, 5) is 25.5. The molecule has 0 atom stereocenters. The van der Waals surface area contributed by atoms with Crippen molar-refractivity contribution < 1.29 is 9.53 Å². The number of carbonyl (C=O) groups is 1. The summed E-state index contributed by atoms with van der Waals surface area (Å²) in [5, 5.41) is 11.8. The molecule has 8 heteroatoms. The number of hydrogen-bond donors (Lipinski definition) is 1. The number of nitrogens with one attached hydrogen (secondary N) is 1. The average molecular weight is 414 g/mol. The van der Waals surface area contributed by atoms with E-state index in [0.29, 0.717) is 22.8 Å². The average Bonchev–Trinajstić information content (AvgIpc) is 2.85. The van der Waals surface area contributed by atoms with Gasteiger partial charge in [0.05, 0.1) is 12.7 Å². The second-order valence-electron chi connectivity index (χ2n) is 7.06. The Kier molecular flexibility index (Phi) is 5.94. The van der Waals surface area contributed by atoms with Crippen molar-refractivity contribution in [3.63, 3.8) is 0 Å². The maximum absolute atomic E-state index is 12.4. The number of ether oxygens (including phenoxy) is 1. The largest absolute Gasteiger partial charge is 0.481 e. The normalized spacial score (nSPS) is 13.4. The molecule has 0 spiro atoms. The van der Waals surface area contributed by atoms with Gasteiger partial charge in [-0.15, -0.1) is 0 Å². The summed E-state index contributed by atoms with van der Waals surface area (Å²) in [5.74, 6) is 1.01. The van der Waals surface area contributed by atoms with Crippen molar-refractivity contribution in [1.29, 1.82) is 5.26 Å². The van der Waals surface area contributed by atoms with Crippen molar-refractivity contribution in [2.24, 2.45) is 0 Å². The molecule has 1 N–H and O–H groups in total. The highest BCUT2D eigenvalue weighted by molar-refractivity contribution is 6.03. The first kappa shape index (κ1) is 20.2. The molecule has 2 aromatic heterocycles. The van der Waals surface area contributed by atoms with Crippen molar-refractivity contribution in [3.05, 3.63) is 72.1 Å². The number of aromatic nitrogens is 2. The summed E-state index contributed by atoms with van der Waals surface area (Å²) < 4.78 is 5.07. The van der Waals surface area contributed by atoms with E-state index in [1.807, 2.05) is 30.3 Å². The Morgan fingerprint density at radius 1 is 1.03 bits per heavy atom. The van der Waals surface area contributed by atoms with E-state index in [2.05, 4.69) is 31.2 Å². The molecule has 0 bridgehead atoms. The maximum atomic E-state index is 12.4. The molecule has 1 amide bonds. The standard InChI is InChI=1S/C23H22N6O2/c1-31-22-4-2-3-20(27-22)23(30)26-18-6-8-19(9-7-18)28-11-13-29(14-12-28)21-10-5-17(15-24)16-25-21/h2-10,16H,11-14H2,1H3,(H,26,30). The Hall–Kier alpha value is -4.12. The molecule has 1 saturated heterocycles. The van der Waals surface area contributed by atoms with Crippen LogP contribution in [0, 0.1) is 11.3 Å². The zero-order chi connectivity index (χ0) is 21.6. The summed E-state index contributed by atoms with van der Waals surface area (Å²) in [6, 6.07) is 18.6. The third-order valence-electron chi connectivity index (χ3n) is 5.14. The predicted molar refractivity (Wildman–Crippen MR) is 119 cm³/mol. The minimum absolute atomic E-state index is 0.282. The van der Waals surface area contributed by atoms with Crippen LogP contribution in [0.15, 0.2) is 60.8 Å². The lowest BCUT2D eigenvalue weighted by Crippen LogP contribution is -2.46. The van der Waals surface area contributed by atoms with E-state index in [1.165, 1.54) is 7.11 Å². The highest BCUT2D eigenvalue weighted by Gasteiger charge is 2.18. The van der Waals surface area contributed by atoms with Gasteiger partial charge in [0.15, 0.2) is 0 Å². The molecule has 4 rings (SSSR count). The summed E-state index contributed by atoms with van der Waals surface area (Å²) in [6.45, 7) is 3.42. The van der Waals surface area contributed by atoms with E-state index < -0.39 is 0 Å². The first-order valence-corrected chi connectivity index (χ1v) is 9.95. The van der Waals surface area contributed by atoms with Gasteiger partial charge < -0.3 is 19.9 Å². The van der Waals surface area contributed by atoms with Crippen LogP contribution >= 0.6 is 0 Å². The first-order valence-electron chi connectivity index (χ1n) is 9.95. The van der Waals surface area contributed by atoms with E-state index >= 15 is 0 Å². The zero-order valence-corrected chi connectivity index (χ0v) is 17.2. The highest BCUT2D eigenvalue weighted by Crippen LogP contribution is 2.22. The lowest BCUT2D eigenvalue weighted by atomic mass is 10.2. The number of nitriles is 1. The number of hydrogen-bond acceptors (Lipinski definition) is 7. The molecular weight excluding hydrogens is 392 g/mol. The monoisotopic (exact) mass is 414 g/mol. The summed E-state index contributed by atoms with van der Waals surface area (Å²) >= 11 is 0. The smallest absolute Gasteiger partial charge is 0.274 e. The van der Waals surface area contributed by atoms with E-state index in [9.17, 15) is 4.79 Å². The minimum Gasteiger partial charge on any atom is -0.481 e. The van der Waals surface area contributed by atoms with E-state index in [4.69, 9.17) is 10.00 Å². The van der Waals surface area contributed by atoms with Gasteiger partial charge in [0, 0.05) is 49.8 Å². The number of amides is 1. The van der Waals surface area contributed by atoms with Crippen LogP contribution in [0.1, 0.15) is 16.1 Å². The van der Waals surface area contributed by atoms with Crippen LogP contribution < -0.4 is 19.9 Å². The summed E-state index contributed by atoms with van der Waals surface area (Å²) in [7, 11) is 1.52. The van der Waals surface area contributed by atoms with Crippen LogP contribution in [0.3, 0.4) is 0 Å². The van der Waals surface area contributed by atoms with Crippen LogP contribution in [0.25, 0.3) is 0 Å². The Balaban J connectivity index is 1.34. The van der Waals surface area contributed by atoms with Gasteiger partial charge in [-0.2, -0.15) is 5.26 Å². The summed E-state index contributed by atoms with van der Waals surface area (Å²) in [5.41, 5.74) is 2.68. The lowest BCUT2D eigenvalue weighted by molar-refractivity contribution is 0.102. The number of methoxy groups -OCH3 is 1. The second-order valence-corrected chi connectivity index (χ2v) is 7.06. The molecule has 1 fully saturated rings. The predicted octanol–water partition coefficient (Wildman–Crippen LogP) is 2.94. The molecule has 3 aromatic rings. The number of rotatable bonds is 5. The minimum atomic E-state index is -0.282. The topological polar surface area (TPSA) is 94.4 Å². The maximum Gasteiger partial charge on any atom is 0.274 e. The van der Waals surface area contributed by atoms with Crippen molar-refractivity contribution in [2.45, 2.75) is 0 Å². The number of benzene rings is 1. The number of piperazine rings is 1. The molecule has 31 heavy (non-hydrogen) atoms. The van der Waals surface area contributed by atoms with Crippen LogP contribution in [0.4, 0.5) is 17.2 Å². The third-order valence-corrected chi connectivity index (χ3v) is 5.14. The highest BCUT2D eigenvalue weighted by atomic mass is 16.5. The number of nitrogens with zero attached hydrogens (tertiary/aromatic N) is 5. The first-order chi connectivity index (χ1) is 15.2. The molecule has 1 aliphatic heterocycles. The number of anilines is 3. The van der Waals surface area contributed by atoms with E-state index in [1.54, 1.807) is 30.5 Å². The molecular formula is C23H22N6O2. The SMILES string of the molecule is COc1cccc(C(=O)Nc2ccc(N3CCN(c4ccc(C#N)cn4)CC3)cc2)n1. The Bertz CT molecular complexity index is 1080. The Labute approximate surface area is 180 Å². The lowest BCUT2D eigenvalue weighted by Gasteiger charge is -2.36. The van der Waals surface area contributed by atoms with Gasteiger partial charge in [-0.05, 0) is 42.5 Å². The fourth-order valence-corrected chi connectivity index (χ4v) is 3.44. The van der Waals surface area contributed by atoms with Gasteiger partial charge in [0.25, 0.3) is 5.91 Å². The molecule has 0 aliphatic carbocycles. The molecule has 1 aromatic carbocycles. The van der Waals surface area contributed by atoms with Gasteiger partial charge in [0.2, 0.25) is 5.88 Å². The Morgan fingerprint density at radius 2 is 1.77 bits per heavy atom. The van der Waals surface area contributed by atoms with E-state index in [-0.39, 0.29) is 5.91 Å². The molecule has 0 radical (unpaired) electrons. The molecule has 8 nitrogen and oxygen atoms in total. The van der Waals surface area contributed by atoms with Crippen LogP contribution in [0.5, 0.6) is 5.88 Å². The fourth-order valence-electron chi connectivity index (χ4n) is 3.44. The molecule has 1 aliphatic rings. The van der Waals surface area contributed by atoms with Gasteiger partial charge in [-0.25, -0.2) is 9.97 Å². The van der Waals surface area contributed by atoms with Crippen LogP contribution in [0.2, 0.25) is 0 Å². The van der Waals surface area contributed by atoms with Crippen molar-refractivity contribution in [3.8, 4) is 11.9 Å². The molecule has 3 heterocycles. The molecule has 156 valence electrons. The van der Waals surface area contributed by atoms with Gasteiger partial charge >= 0.3 is 0 Å². The van der Waals surface area contributed by atoms with Gasteiger partial charge in [0.1, 0.15) is 17.6 Å². The van der Waals surface area contributed by atoms with Crippen molar-refractivity contribution in [1.82, 2.24) is 9.97 Å². The zero-order valence-electron chi connectivity index (χ0n) is 17.2.